The molecule has 1 unspecified atom stereocenters. The molecule has 2 rings (SSSR count). The Balaban J connectivity index is 0.00000242. The lowest BCUT2D eigenvalue weighted by molar-refractivity contribution is 0.0571. The van der Waals surface area contributed by atoms with E-state index in [2.05, 4.69) is 42.7 Å². The molecular weight excluding hydrogens is 409 g/mol. The van der Waals surface area contributed by atoms with Crippen molar-refractivity contribution in [2.24, 2.45) is 10.9 Å². The predicted octanol–water partition coefficient (Wildman–Crippen LogP) is 2.95. The van der Waals surface area contributed by atoms with Crippen LogP contribution in [0.4, 0.5) is 0 Å². The highest BCUT2D eigenvalue weighted by molar-refractivity contribution is 14.0. The van der Waals surface area contributed by atoms with Gasteiger partial charge in [-0.25, -0.2) is 0 Å². The molecule has 0 amide bonds. The van der Waals surface area contributed by atoms with Gasteiger partial charge in [0.2, 0.25) is 0 Å². The molecule has 2 aliphatic rings. The second kappa shape index (κ2) is 9.57. The van der Waals surface area contributed by atoms with E-state index in [9.17, 15) is 5.11 Å². The summed E-state index contributed by atoms with van der Waals surface area (Å²) in [4.78, 5) is 7.13. The molecule has 0 aromatic heterocycles. The second-order valence-corrected chi connectivity index (χ2v) is 8.05. The maximum atomic E-state index is 10.5. The molecule has 0 radical (unpaired) electrons. The van der Waals surface area contributed by atoms with Crippen LogP contribution in [0.15, 0.2) is 4.99 Å². The Kier molecular flexibility index (Phi) is 8.85. The lowest BCUT2D eigenvalue weighted by Gasteiger charge is -2.36. The van der Waals surface area contributed by atoms with Gasteiger partial charge < -0.3 is 15.3 Å². The van der Waals surface area contributed by atoms with Crippen LogP contribution in [0, 0.1) is 5.92 Å². The summed E-state index contributed by atoms with van der Waals surface area (Å²) in [7, 11) is 0. The molecule has 6 heteroatoms. The Morgan fingerprint density at radius 1 is 1.41 bits per heavy atom. The Bertz CT molecular complexity index is 359. The monoisotopic (exact) mass is 441 g/mol. The van der Waals surface area contributed by atoms with Crippen molar-refractivity contribution in [1.82, 2.24) is 10.2 Å². The maximum absolute atomic E-state index is 10.5. The molecule has 0 aromatic rings. The molecule has 22 heavy (non-hydrogen) atoms. The number of rotatable bonds is 4. The lowest BCUT2D eigenvalue weighted by atomic mass is 10.0. The Labute approximate surface area is 156 Å². The van der Waals surface area contributed by atoms with E-state index < -0.39 is 5.60 Å². The van der Waals surface area contributed by atoms with Gasteiger partial charge in [-0.15, -0.1) is 24.0 Å². The number of aliphatic hydroxyl groups is 1. The van der Waals surface area contributed by atoms with Gasteiger partial charge in [0.05, 0.1) is 12.1 Å². The molecule has 1 saturated heterocycles. The molecule has 4 nitrogen and oxygen atoms in total. The van der Waals surface area contributed by atoms with Crippen molar-refractivity contribution in [1.29, 1.82) is 0 Å². The van der Waals surface area contributed by atoms with Crippen LogP contribution >= 0.6 is 35.7 Å². The van der Waals surface area contributed by atoms with Gasteiger partial charge >= 0.3 is 0 Å². The number of hydrogen-bond donors (Lipinski definition) is 2. The number of hydrogen-bond acceptors (Lipinski definition) is 3. The van der Waals surface area contributed by atoms with Crippen LogP contribution in [0.25, 0.3) is 0 Å². The number of guanidine groups is 1. The summed E-state index contributed by atoms with van der Waals surface area (Å²) >= 11 is 2.08. The van der Waals surface area contributed by atoms with E-state index in [1.54, 1.807) is 0 Å². The van der Waals surface area contributed by atoms with Gasteiger partial charge in [-0.3, -0.25) is 4.99 Å². The minimum Gasteiger partial charge on any atom is -0.388 e. The highest BCUT2D eigenvalue weighted by atomic mass is 127. The molecule has 2 N–H and O–H groups in total. The molecule has 1 aliphatic carbocycles. The standard InChI is InChI=1S/C16H31N3OS.HI/c1-4-17-15(18-12-16(20)7-5-6-8-16)19-9-10-21-14(11-19)13(2)3;/h13-14,20H,4-12H2,1-3H3,(H,17,18);1H. The highest BCUT2D eigenvalue weighted by Gasteiger charge is 2.31. The van der Waals surface area contributed by atoms with Crippen molar-refractivity contribution in [3.8, 4) is 0 Å². The first-order chi connectivity index (χ1) is 10.0. The summed E-state index contributed by atoms with van der Waals surface area (Å²) < 4.78 is 0. The Morgan fingerprint density at radius 3 is 2.68 bits per heavy atom. The molecule has 0 aromatic carbocycles. The zero-order valence-electron chi connectivity index (χ0n) is 14.2. The Hall–Kier alpha value is 0.310. The minimum absolute atomic E-state index is 0. The minimum atomic E-state index is -0.553. The van der Waals surface area contributed by atoms with E-state index >= 15 is 0 Å². The summed E-state index contributed by atoms with van der Waals surface area (Å²) in [6.45, 7) is 10.3. The number of thioether (sulfide) groups is 1. The molecule has 0 spiro atoms. The van der Waals surface area contributed by atoms with Crippen molar-refractivity contribution < 1.29 is 5.11 Å². The Morgan fingerprint density at radius 2 is 2.09 bits per heavy atom. The van der Waals surface area contributed by atoms with Gasteiger partial charge in [0.25, 0.3) is 0 Å². The highest BCUT2D eigenvalue weighted by Crippen LogP contribution is 2.30. The van der Waals surface area contributed by atoms with Crippen LogP contribution in [-0.2, 0) is 0 Å². The normalized spacial score (nSPS) is 25.2. The van der Waals surface area contributed by atoms with E-state index in [0.29, 0.717) is 17.7 Å². The van der Waals surface area contributed by atoms with Crippen LogP contribution in [0.3, 0.4) is 0 Å². The fourth-order valence-corrected chi connectivity index (χ4v) is 4.41. The number of aliphatic imine (C=N–C) groups is 1. The first-order valence-corrected chi connectivity index (χ1v) is 9.46. The number of halogens is 1. The van der Waals surface area contributed by atoms with Gasteiger partial charge in [0.1, 0.15) is 0 Å². The molecule has 0 bridgehead atoms. The third kappa shape index (κ3) is 5.74. The zero-order chi connectivity index (χ0) is 15.3. The fraction of sp³-hybridized carbons (Fsp3) is 0.938. The largest absolute Gasteiger partial charge is 0.388 e. The predicted molar refractivity (Wildman–Crippen MR) is 107 cm³/mol. The zero-order valence-corrected chi connectivity index (χ0v) is 17.3. The van der Waals surface area contributed by atoms with Crippen molar-refractivity contribution in [2.45, 2.75) is 57.3 Å². The van der Waals surface area contributed by atoms with Gasteiger partial charge in [0.15, 0.2) is 5.96 Å². The van der Waals surface area contributed by atoms with Gasteiger partial charge in [-0.2, -0.15) is 11.8 Å². The summed E-state index contributed by atoms with van der Waals surface area (Å²) in [5, 5.41) is 14.6. The second-order valence-electron chi connectivity index (χ2n) is 6.70. The lowest BCUT2D eigenvalue weighted by Crippen LogP contribution is -2.49. The van der Waals surface area contributed by atoms with E-state index in [1.807, 2.05) is 0 Å². The number of nitrogens with zero attached hydrogens (tertiary/aromatic N) is 2. The molecule has 1 atom stereocenters. The molecule has 1 heterocycles. The first-order valence-electron chi connectivity index (χ1n) is 8.41. The summed E-state index contributed by atoms with van der Waals surface area (Å²) in [6, 6.07) is 0. The van der Waals surface area contributed by atoms with Crippen LogP contribution in [0.1, 0.15) is 46.5 Å². The van der Waals surface area contributed by atoms with Gasteiger partial charge in [-0.1, -0.05) is 26.7 Å². The number of nitrogens with one attached hydrogen (secondary N) is 1. The van der Waals surface area contributed by atoms with Crippen LogP contribution in [0.2, 0.25) is 0 Å². The topological polar surface area (TPSA) is 47.9 Å². The molecule has 1 saturated carbocycles. The average molecular weight is 441 g/mol. The third-order valence-corrected chi connectivity index (χ3v) is 6.07. The first kappa shape index (κ1) is 20.4. The summed E-state index contributed by atoms with van der Waals surface area (Å²) in [5.41, 5.74) is -0.553. The summed E-state index contributed by atoms with van der Waals surface area (Å²) in [5.74, 6) is 2.85. The quantitative estimate of drug-likeness (QED) is 0.400. The smallest absolute Gasteiger partial charge is 0.194 e. The van der Waals surface area contributed by atoms with E-state index in [0.717, 1.165) is 57.0 Å². The van der Waals surface area contributed by atoms with E-state index in [-0.39, 0.29) is 24.0 Å². The SMILES string of the molecule is CCNC(=NCC1(O)CCCC1)N1CCSC(C(C)C)C1.I. The van der Waals surface area contributed by atoms with Gasteiger partial charge in [0, 0.05) is 30.6 Å². The fourth-order valence-electron chi connectivity index (χ4n) is 3.11. The van der Waals surface area contributed by atoms with E-state index in [1.165, 1.54) is 0 Å². The van der Waals surface area contributed by atoms with Crippen molar-refractivity contribution in [3.63, 3.8) is 0 Å². The van der Waals surface area contributed by atoms with Gasteiger partial charge in [-0.05, 0) is 25.7 Å². The van der Waals surface area contributed by atoms with Crippen molar-refractivity contribution >= 4 is 41.7 Å². The van der Waals surface area contributed by atoms with Crippen LogP contribution in [0.5, 0.6) is 0 Å². The molecule has 1 aliphatic heterocycles. The molecule has 130 valence electrons. The average Bonchev–Trinajstić information content (AvgIpc) is 2.91. The van der Waals surface area contributed by atoms with Crippen molar-refractivity contribution in [2.75, 3.05) is 31.9 Å². The van der Waals surface area contributed by atoms with Crippen LogP contribution < -0.4 is 5.32 Å². The van der Waals surface area contributed by atoms with Crippen LogP contribution in [-0.4, -0.2) is 58.7 Å². The van der Waals surface area contributed by atoms with E-state index in [4.69, 9.17) is 4.99 Å². The maximum Gasteiger partial charge on any atom is 0.194 e. The third-order valence-electron chi connectivity index (χ3n) is 4.53. The van der Waals surface area contributed by atoms with Crippen molar-refractivity contribution in [3.05, 3.63) is 0 Å². The molecular formula is C16H32IN3OS. The summed E-state index contributed by atoms with van der Waals surface area (Å²) in [6.07, 6.45) is 4.08. The molecule has 2 fully saturated rings.